The van der Waals surface area contributed by atoms with Crippen LogP contribution in [0.3, 0.4) is 0 Å². The molecular weight excluding hydrogens is 1070 g/mol. The molecule has 2 nitrogen and oxygen atoms in total. The van der Waals surface area contributed by atoms with Crippen molar-refractivity contribution in [1.29, 1.82) is 0 Å². The van der Waals surface area contributed by atoms with Gasteiger partial charge in [0.2, 0.25) is 0 Å². The van der Waals surface area contributed by atoms with Crippen LogP contribution in [0.1, 0.15) is 439 Å². The predicted octanol–water partition coefficient (Wildman–Crippen LogP) is 28.2. The minimum Gasteiger partial charge on any atom is -0.281 e. The van der Waals surface area contributed by atoms with Crippen molar-refractivity contribution in [1.82, 2.24) is 0 Å². The SMILES string of the molecule is CCCCCCCCCCCCCCCCCCP(CCCCCCCCCCCCCCCCCC)CCP(CCCCCCCCCCCCCCCCCC)CCCCCCCCCCCCCCCCCC.[C]=O.[C]=O.[Ni]. The minimum absolute atomic E-state index is 0. The van der Waals surface area contributed by atoms with Crippen LogP contribution in [0, 0.1) is 0 Å². The van der Waals surface area contributed by atoms with Crippen molar-refractivity contribution in [2.45, 2.75) is 439 Å². The average molecular weight is 1220 g/mol. The third-order valence-corrected chi connectivity index (χ3v) is 23.9. The summed E-state index contributed by atoms with van der Waals surface area (Å²) >= 11 is 0. The Balaban J connectivity index is -0.00000578. The van der Waals surface area contributed by atoms with Gasteiger partial charge in [0.05, 0.1) is 0 Å². The van der Waals surface area contributed by atoms with Crippen LogP contribution in [0.15, 0.2) is 0 Å². The third kappa shape index (κ3) is 82.8. The zero-order chi connectivity index (χ0) is 58.7. The molecule has 0 rings (SSSR count). The fraction of sp³-hybridized carbons (Fsp3) is 0.974. The van der Waals surface area contributed by atoms with E-state index < -0.39 is 0 Å². The molecule has 0 fully saturated rings. The van der Waals surface area contributed by atoms with Crippen molar-refractivity contribution < 1.29 is 26.1 Å². The standard InChI is InChI=1S/C74H152P2.2CO.Ni/c1-5-9-13-17-21-25-29-33-37-41-45-49-53-57-61-65-69-75(70-66-62-58-54-50-46-42-38-34-30-26-22-18-14-10-6-2)73-74-76(71-67-63-59-55-51-47-43-39-35-31-27-23-19-15-11-7-3)72-68-64-60-56-52-48-44-40-36-32-28-24-20-16-12-8-4;2*1-2;/h5-74H2,1-4H3;;;. The molecule has 0 aromatic heterocycles. The van der Waals surface area contributed by atoms with E-state index in [4.69, 9.17) is 9.59 Å². The Bertz CT molecular complexity index is 865. The topological polar surface area (TPSA) is 34.1 Å². The van der Waals surface area contributed by atoms with Crippen molar-refractivity contribution in [3.05, 3.63) is 0 Å². The Morgan fingerprint density at radius 2 is 0.235 bits per heavy atom. The van der Waals surface area contributed by atoms with E-state index in [1.54, 1.807) is 62.7 Å². The summed E-state index contributed by atoms with van der Waals surface area (Å²) in [5.74, 6) is 0. The van der Waals surface area contributed by atoms with E-state index in [2.05, 4.69) is 41.3 Å². The molecule has 0 aliphatic heterocycles. The largest absolute Gasteiger partial charge is 0.281 e. The fourth-order valence-electron chi connectivity index (χ4n) is 12.5. The quantitative estimate of drug-likeness (QED) is 0.0346. The van der Waals surface area contributed by atoms with Gasteiger partial charge in [0.25, 0.3) is 13.6 Å². The molecule has 0 spiro atoms. The predicted molar refractivity (Wildman–Crippen MR) is 373 cm³/mol. The Kier molecular flexibility index (Phi) is 94.8. The van der Waals surface area contributed by atoms with Crippen LogP contribution < -0.4 is 0 Å². The summed E-state index contributed by atoms with van der Waals surface area (Å²) in [7, 11) is 0.518. The van der Waals surface area contributed by atoms with Gasteiger partial charge in [0.1, 0.15) is 0 Å². The summed E-state index contributed by atoms with van der Waals surface area (Å²) < 4.78 is 0. The van der Waals surface area contributed by atoms with Gasteiger partial charge < -0.3 is 0 Å². The van der Waals surface area contributed by atoms with Crippen LogP contribution in [0.25, 0.3) is 0 Å². The van der Waals surface area contributed by atoms with E-state index in [0.717, 1.165) is 0 Å². The molecule has 0 heterocycles. The van der Waals surface area contributed by atoms with Crippen molar-refractivity contribution in [3.8, 4) is 0 Å². The summed E-state index contributed by atoms with van der Waals surface area (Å²) in [4.78, 5) is 15.0. The van der Waals surface area contributed by atoms with Gasteiger partial charge in [0, 0.05) is 16.5 Å². The van der Waals surface area contributed by atoms with Crippen LogP contribution in [-0.2, 0) is 26.1 Å². The minimum atomic E-state index is 0. The van der Waals surface area contributed by atoms with Crippen LogP contribution in [-0.4, -0.2) is 50.5 Å². The molecule has 5 heteroatoms. The van der Waals surface area contributed by atoms with Gasteiger partial charge in [0.15, 0.2) is 0 Å². The molecule has 0 bridgehead atoms. The first kappa shape index (κ1) is 88.1. The summed E-state index contributed by atoms with van der Waals surface area (Å²) in [5.41, 5.74) is 0. The van der Waals surface area contributed by atoms with E-state index in [-0.39, 0.29) is 32.3 Å². The molecule has 0 aliphatic carbocycles. The maximum atomic E-state index is 7.50. The van der Waals surface area contributed by atoms with Crippen molar-refractivity contribution in [3.63, 3.8) is 0 Å². The zero-order valence-electron chi connectivity index (χ0n) is 56.5. The van der Waals surface area contributed by atoms with Gasteiger partial charge in [-0.2, -0.15) is 0 Å². The summed E-state index contributed by atoms with van der Waals surface area (Å²) in [5, 5.41) is 0. The van der Waals surface area contributed by atoms with Gasteiger partial charge in [-0.25, -0.2) is 0 Å². The van der Waals surface area contributed by atoms with Crippen molar-refractivity contribution in [2.75, 3.05) is 37.0 Å². The molecular formula is C76H152NiO2P2. The average Bonchev–Trinajstić information content (AvgIpc) is 3.48. The van der Waals surface area contributed by atoms with E-state index in [9.17, 15) is 0 Å². The van der Waals surface area contributed by atoms with Gasteiger partial charge in [-0.05, 0) is 62.7 Å². The normalized spacial score (nSPS) is 11.3. The molecule has 0 aliphatic rings. The van der Waals surface area contributed by atoms with Crippen LogP contribution >= 0.6 is 15.8 Å². The smallest absolute Gasteiger partial charge is 0.281 e. The number of unbranched alkanes of at least 4 members (excludes halogenated alkanes) is 60. The summed E-state index contributed by atoms with van der Waals surface area (Å²) in [6.45, 7) is 18.3. The molecule has 4 radical (unpaired) electrons. The maximum absolute atomic E-state index is 7.50. The monoisotopic (exact) mass is 1220 g/mol. The van der Waals surface area contributed by atoms with Gasteiger partial charge in [-0.3, -0.25) is 9.59 Å². The molecule has 0 saturated heterocycles. The molecule has 488 valence electrons. The van der Waals surface area contributed by atoms with E-state index >= 15 is 0 Å². The molecule has 0 atom stereocenters. The molecule has 0 amide bonds. The molecule has 0 N–H and O–H groups in total. The van der Waals surface area contributed by atoms with Crippen LogP contribution in [0.2, 0.25) is 0 Å². The molecule has 0 aromatic rings. The van der Waals surface area contributed by atoms with E-state index in [1.165, 1.54) is 385 Å². The number of carbonyl (C=O) groups excluding carboxylic acids is 2. The second kappa shape index (κ2) is 87.1. The summed E-state index contributed by atoms with van der Waals surface area (Å²) in [6.07, 6.45) is 105. The second-order valence-electron chi connectivity index (χ2n) is 25.9. The fourth-order valence-corrected chi connectivity index (χ4v) is 18.8. The van der Waals surface area contributed by atoms with E-state index in [1.807, 2.05) is 0 Å². The van der Waals surface area contributed by atoms with Gasteiger partial charge in [-0.1, -0.05) is 413 Å². The van der Waals surface area contributed by atoms with Crippen molar-refractivity contribution in [2.24, 2.45) is 0 Å². The van der Waals surface area contributed by atoms with Crippen LogP contribution in [0.5, 0.6) is 0 Å². The van der Waals surface area contributed by atoms with Crippen LogP contribution in [0.4, 0.5) is 0 Å². The van der Waals surface area contributed by atoms with Gasteiger partial charge in [-0.15, -0.1) is 15.8 Å². The molecule has 0 aromatic carbocycles. The first-order chi connectivity index (χ1) is 39.8. The maximum Gasteiger partial charge on any atom is 0.281 e. The van der Waals surface area contributed by atoms with Gasteiger partial charge >= 0.3 is 0 Å². The third-order valence-electron chi connectivity index (χ3n) is 18.0. The molecule has 0 saturated carbocycles. The summed E-state index contributed by atoms with van der Waals surface area (Å²) in [6, 6.07) is 0. The zero-order valence-corrected chi connectivity index (χ0v) is 59.3. The first-order valence-corrected chi connectivity index (χ1v) is 41.4. The number of hydrogen-bond acceptors (Lipinski definition) is 2. The van der Waals surface area contributed by atoms with Crippen molar-refractivity contribution >= 4 is 29.4 Å². The Morgan fingerprint density at radius 3 is 0.333 bits per heavy atom. The van der Waals surface area contributed by atoms with E-state index in [0.29, 0.717) is 0 Å². The Hall–Kier alpha value is 0.694. The second-order valence-corrected chi connectivity index (χ2v) is 31.3. The Morgan fingerprint density at radius 1 is 0.148 bits per heavy atom. The Labute approximate surface area is 527 Å². The molecule has 0 unspecified atom stereocenters. The first-order valence-electron chi connectivity index (χ1n) is 37.6. The molecule has 81 heavy (non-hydrogen) atoms. The number of rotatable bonds is 71. The number of hydrogen-bond donors (Lipinski definition) is 0.